The van der Waals surface area contributed by atoms with Crippen LogP contribution in [0.2, 0.25) is 0 Å². The lowest BCUT2D eigenvalue weighted by Crippen LogP contribution is -2.19. The number of ether oxygens (including phenoxy) is 2. The number of amides is 1. The minimum Gasteiger partial charge on any atom is -0.495 e. The third-order valence-corrected chi connectivity index (χ3v) is 5.73. The molecule has 0 aliphatic heterocycles. The Balaban J connectivity index is 2.04. The van der Waals surface area contributed by atoms with E-state index in [1.54, 1.807) is 30.3 Å². The quantitative estimate of drug-likeness (QED) is 0.329. The number of hydrogen-bond acceptors (Lipinski definition) is 6. The fraction of sp³-hybridized carbons (Fsp3) is 0.273. The molecule has 0 atom stereocenters. The minimum absolute atomic E-state index is 0.0264. The van der Waals surface area contributed by atoms with Crippen LogP contribution in [0.25, 0.3) is 6.08 Å². The molecule has 0 aliphatic carbocycles. The van der Waals surface area contributed by atoms with Gasteiger partial charge in [-0.25, -0.2) is 17.9 Å². The monoisotopic (exact) mass is 446 g/mol. The summed E-state index contributed by atoms with van der Waals surface area (Å²) in [6.45, 7) is 2.39. The first-order valence-corrected chi connectivity index (χ1v) is 11.2. The lowest BCUT2D eigenvalue weighted by molar-refractivity contribution is -0.111. The molecule has 8 nitrogen and oxygen atoms in total. The topological polar surface area (TPSA) is 111 Å². The highest BCUT2D eigenvalue weighted by Gasteiger charge is 2.17. The Hall–Kier alpha value is -3.17. The van der Waals surface area contributed by atoms with Crippen LogP contribution in [0.3, 0.4) is 0 Å². The highest BCUT2D eigenvalue weighted by molar-refractivity contribution is 7.89. The standard InChI is InChI=1S/C22H26N2O6S/c1-4-5-14-30-22(26)17-8-10-18(11-9-17)24-21(25)13-7-16-6-12-19(29-3)20(15-16)31(27,28)23-2/h6-13,15,23H,4-5,14H2,1-3H3,(H,24,25)/b13-7+. The number of nitrogens with one attached hydrogen (secondary N) is 2. The van der Waals surface area contributed by atoms with Gasteiger partial charge < -0.3 is 14.8 Å². The highest BCUT2D eigenvalue weighted by atomic mass is 32.2. The van der Waals surface area contributed by atoms with Crippen LogP contribution >= 0.6 is 0 Å². The molecule has 0 unspecified atom stereocenters. The van der Waals surface area contributed by atoms with E-state index in [0.29, 0.717) is 23.4 Å². The van der Waals surface area contributed by atoms with Crippen molar-refractivity contribution in [1.82, 2.24) is 4.72 Å². The number of sulfonamides is 1. The number of esters is 1. The van der Waals surface area contributed by atoms with Gasteiger partial charge >= 0.3 is 5.97 Å². The van der Waals surface area contributed by atoms with E-state index in [1.165, 1.54) is 38.4 Å². The summed E-state index contributed by atoms with van der Waals surface area (Å²) in [5.74, 6) is -0.616. The predicted octanol–water partition coefficient (Wildman–Crippen LogP) is 3.21. The van der Waals surface area contributed by atoms with Crippen LogP contribution in [0.15, 0.2) is 53.4 Å². The van der Waals surface area contributed by atoms with Crippen LogP contribution in [-0.2, 0) is 19.6 Å². The molecule has 2 N–H and O–H groups in total. The Morgan fingerprint density at radius 3 is 2.42 bits per heavy atom. The summed E-state index contributed by atoms with van der Waals surface area (Å²) in [4.78, 5) is 24.1. The molecule has 0 aliphatic rings. The summed E-state index contributed by atoms with van der Waals surface area (Å²) < 4.78 is 36.7. The summed E-state index contributed by atoms with van der Waals surface area (Å²) in [6.07, 6.45) is 4.52. The number of carbonyl (C=O) groups is 2. The average Bonchev–Trinajstić information content (AvgIpc) is 2.78. The molecule has 2 aromatic rings. The fourth-order valence-electron chi connectivity index (χ4n) is 2.55. The van der Waals surface area contributed by atoms with E-state index in [0.717, 1.165) is 12.8 Å². The number of benzene rings is 2. The van der Waals surface area contributed by atoms with Crippen LogP contribution in [0.1, 0.15) is 35.7 Å². The number of rotatable bonds is 10. The van der Waals surface area contributed by atoms with Crippen molar-refractivity contribution >= 4 is 33.7 Å². The van der Waals surface area contributed by atoms with Gasteiger partial charge in [-0.15, -0.1) is 0 Å². The van der Waals surface area contributed by atoms with Gasteiger partial charge in [0.1, 0.15) is 10.6 Å². The second-order valence-corrected chi connectivity index (χ2v) is 8.36. The Morgan fingerprint density at radius 2 is 1.81 bits per heavy atom. The molecule has 31 heavy (non-hydrogen) atoms. The summed E-state index contributed by atoms with van der Waals surface area (Å²) in [6, 6.07) is 10.9. The molecule has 2 rings (SSSR count). The SMILES string of the molecule is CCCCOC(=O)c1ccc(NC(=O)/C=C/c2ccc(OC)c(S(=O)(=O)NC)c2)cc1. The van der Waals surface area contributed by atoms with Crippen molar-refractivity contribution in [2.75, 3.05) is 26.1 Å². The van der Waals surface area contributed by atoms with Crippen LogP contribution in [0, 0.1) is 0 Å². The normalized spacial score (nSPS) is 11.3. The Labute approximate surface area is 182 Å². The lowest BCUT2D eigenvalue weighted by atomic mass is 10.2. The maximum atomic E-state index is 12.2. The van der Waals surface area contributed by atoms with Crippen molar-refractivity contribution in [3.05, 3.63) is 59.7 Å². The van der Waals surface area contributed by atoms with Crippen LogP contribution in [0.5, 0.6) is 5.75 Å². The number of hydrogen-bond donors (Lipinski definition) is 2. The molecule has 0 saturated carbocycles. The molecule has 0 fully saturated rings. The van der Waals surface area contributed by atoms with Crippen molar-refractivity contribution in [2.24, 2.45) is 0 Å². The molecule has 1 amide bonds. The molecule has 0 saturated heterocycles. The molecule has 2 aromatic carbocycles. The summed E-state index contributed by atoms with van der Waals surface area (Å²) in [5.41, 5.74) is 1.42. The van der Waals surface area contributed by atoms with E-state index < -0.39 is 21.9 Å². The average molecular weight is 447 g/mol. The van der Waals surface area contributed by atoms with Crippen LogP contribution in [0.4, 0.5) is 5.69 Å². The maximum absolute atomic E-state index is 12.2. The zero-order chi connectivity index (χ0) is 22.9. The molecule has 0 spiro atoms. The lowest BCUT2D eigenvalue weighted by Gasteiger charge is -2.09. The molecule has 166 valence electrons. The van der Waals surface area contributed by atoms with Crippen LogP contribution in [-0.4, -0.2) is 41.1 Å². The first kappa shape index (κ1) is 24.1. The van der Waals surface area contributed by atoms with Gasteiger partial charge in [0.15, 0.2) is 0 Å². The van der Waals surface area contributed by atoms with E-state index in [-0.39, 0.29) is 10.6 Å². The van der Waals surface area contributed by atoms with E-state index in [4.69, 9.17) is 9.47 Å². The Morgan fingerprint density at radius 1 is 1.10 bits per heavy atom. The summed E-state index contributed by atoms with van der Waals surface area (Å²) in [5, 5.41) is 2.68. The zero-order valence-corrected chi connectivity index (χ0v) is 18.5. The van der Waals surface area contributed by atoms with E-state index >= 15 is 0 Å². The number of carbonyl (C=O) groups excluding carboxylic acids is 2. The molecular weight excluding hydrogens is 420 g/mol. The molecule has 9 heteroatoms. The van der Waals surface area contributed by atoms with Gasteiger partial charge in [0.2, 0.25) is 15.9 Å². The van der Waals surface area contributed by atoms with Gasteiger partial charge in [0.05, 0.1) is 19.3 Å². The van der Waals surface area contributed by atoms with E-state index in [1.807, 2.05) is 6.92 Å². The number of unbranched alkanes of at least 4 members (excludes halogenated alkanes) is 1. The van der Waals surface area contributed by atoms with E-state index in [9.17, 15) is 18.0 Å². The van der Waals surface area contributed by atoms with Crippen LogP contribution < -0.4 is 14.8 Å². The van der Waals surface area contributed by atoms with Gasteiger partial charge in [-0.3, -0.25) is 4.79 Å². The first-order valence-electron chi connectivity index (χ1n) is 9.68. The van der Waals surface area contributed by atoms with Gasteiger partial charge in [0, 0.05) is 11.8 Å². The molecule has 0 radical (unpaired) electrons. The largest absolute Gasteiger partial charge is 0.495 e. The summed E-state index contributed by atoms with van der Waals surface area (Å²) in [7, 11) is -1.03. The molecule has 0 heterocycles. The van der Waals surface area contributed by atoms with Gasteiger partial charge in [-0.05, 0) is 61.5 Å². The summed E-state index contributed by atoms with van der Waals surface area (Å²) >= 11 is 0. The Bertz CT molecular complexity index is 1050. The molecule has 0 bridgehead atoms. The predicted molar refractivity (Wildman–Crippen MR) is 119 cm³/mol. The fourth-order valence-corrected chi connectivity index (χ4v) is 3.48. The molecular formula is C22H26N2O6S. The van der Waals surface area contributed by atoms with E-state index in [2.05, 4.69) is 10.0 Å². The van der Waals surface area contributed by atoms with Gasteiger partial charge in [-0.2, -0.15) is 0 Å². The number of anilines is 1. The van der Waals surface area contributed by atoms with Crippen molar-refractivity contribution in [3.8, 4) is 5.75 Å². The minimum atomic E-state index is -3.72. The smallest absolute Gasteiger partial charge is 0.338 e. The number of methoxy groups -OCH3 is 1. The highest BCUT2D eigenvalue weighted by Crippen LogP contribution is 2.25. The first-order chi connectivity index (χ1) is 14.8. The van der Waals surface area contributed by atoms with Crippen molar-refractivity contribution in [3.63, 3.8) is 0 Å². The third-order valence-electron chi connectivity index (χ3n) is 4.29. The maximum Gasteiger partial charge on any atom is 0.338 e. The molecule has 0 aromatic heterocycles. The van der Waals surface area contributed by atoms with Crippen molar-refractivity contribution < 1.29 is 27.5 Å². The van der Waals surface area contributed by atoms with Crippen molar-refractivity contribution in [1.29, 1.82) is 0 Å². The Kier molecular flexibility index (Phi) is 8.77. The van der Waals surface area contributed by atoms with Gasteiger partial charge in [-0.1, -0.05) is 19.4 Å². The zero-order valence-electron chi connectivity index (χ0n) is 17.7. The van der Waals surface area contributed by atoms with Crippen molar-refractivity contribution in [2.45, 2.75) is 24.7 Å². The third kappa shape index (κ3) is 6.94. The van der Waals surface area contributed by atoms with Gasteiger partial charge in [0.25, 0.3) is 0 Å². The second-order valence-electron chi connectivity index (χ2n) is 6.51. The second kappa shape index (κ2) is 11.3.